The number of nitrogens with zero attached hydrogens (tertiary/aromatic N) is 3. The number of aryl methyl sites for hydroxylation is 1. The highest BCUT2D eigenvalue weighted by Gasteiger charge is 2.36. The molecule has 23 heavy (non-hydrogen) atoms. The highest BCUT2D eigenvalue weighted by Crippen LogP contribution is 2.40. The summed E-state index contributed by atoms with van der Waals surface area (Å²) in [5.74, 6) is 0.950. The predicted molar refractivity (Wildman–Crippen MR) is 90.6 cm³/mol. The molecule has 1 aliphatic heterocycles. The Hall–Kier alpha value is -2.08. The van der Waals surface area contributed by atoms with Gasteiger partial charge in [-0.05, 0) is 31.6 Å². The highest BCUT2D eigenvalue weighted by atomic mass is 32.2. The molecule has 1 aliphatic carbocycles. The molecule has 118 valence electrons. The smallest absolute Gasteiger partial charge is 0.227 e. The number of carbonyl (C=O) groups is 1. The summed E-state index contributed by atoms with van der Waals surface area (Å²) < 4.78 is 1.86. The molecule has 1 N–H and O–H groups in total. The van der Waals surface area contributed by atoms with Crippen molar-refractivity contribution in [2.75, 3.05) is 11.6 Å². The van der Waals surface area contributed by atoms with Gasteiger partial charge in [-0.15, -0.1) is 5.10 Å². The van der Waals surface area contributed by atoms with Crippen LogP contribution in [0.1, 0.15) is 36.4 Å². The second kappa shape index (κ2) is 5.53. The number of anilines is 1. The largest absolute Gasteiger partial charge is 0.328 e. The van der Waals surface area contributed by atoms with Gasteiger partial charge in [0.05, 0.1) is 0 Å². The Labute approximate surface area is 139 Å². The van der Waals surface area contributed by atoms with Gasteiger partial charge in [-0.2, -0.15) is 4.98 Å². The van der Waals surface area contributed by atoms with Crippen LogP contribution in [0, 0.1) is 6.92 Å². The monoisotopic (exact) mass is 326 g/mol. The van der Waals surface area contributed by atoms with Gasteiger partial charge in [-0.3, -0.25) is 4.79 Å². The molecule has 2 heterocycles. The van der Waals surface area contributed by atoms with Gasteiger partial charge in [0.2, 0.25) is 11.1 Å². The maximum absolute atomic E-state index is 12.6. The molecule has 2 aromatic rings. The second-order valence-corrected chi connectivity index (χ2v) is 6.75. The predicted octanol–water partition coefficient (Wildman–Crippen LogP) is 3.33. The van der Waals surface area contributed by atoms with E-state index in [-0.39, 0.29) is 11.8 Å². The van der Waals surface area contributed by atoms with E-state index in [9.17, 15) is 4.79 Å². The molecular weight excluding hydrogens is 308 g/mol. The molecule has 0 saturated heterocycles. The number of carbonyl (C=O) groups excluding carboxylic acids is 1. The summed E-state index contributed by atoms with van der Waals surface area (Å²) >= 11 is 1.51. The number of hydrogen-bond donors (Lipinski definition) is 1. The SMILES string of the molecule is CSc1nc2n(n1)[C@@H](c1cccc(C)c1)C1=C(CCCC1=O)N2. The number of rotatable bonds is 2. The van der Waals surface area contributed by atoms with Crippen molar-refractivity contribution >= 4 is 23.5 Å². The van der Waals surface area contributed by atoms with Crippen molar-refractivity contribution in [2.45, 2.75) is 37.4 Å². The normalized spacial score (nSPS) is 20.1. The van der Waals surface area contributed by atoms with Crippen LogP contribution in [0.3, 0.4) is 0 Å². The number of aromatic nitrogens is 3. The van der Waals surface area contributed by atoms with Gasteiger partial charge in [0.1, 0.15) is 6.04 Å². The number of Topliss-reactive ketones (excluding diaryl/α,β-unsaturated/α-hetero) is 1. The minimum Gasteiger partial charge on any atom is -0.328 e. The second-order valence-electron chi connectivity index (χ2n) is 5.98. The van der Waals surface area contributed by atoms with Crippen molar-refractivity contribution in [3.8, 4) is 0 Å². The Kier molecular flexibility index (Phi) is 3.49. The maximum atomic E-state index is 12.6. The van der Waals surface area contributed by atoms with Gasteiger partial charge in [-0.1, -0.05) is 41.6 Å². The molecule has 0 spiro atoms. The number of allylic oxidation sites excluding steroid dienone is 2. The van der Waals surface area contributed by atoms with Gasteiger partial charge in [0, 0.05) is 17.7 Å². The third-order valence-electron chi connectivity index (χ3n) is 4.39. The minimum atomic E-state index is -0.178. The molecule has 1 atom stereocenters. The molecule has 2 aliphatic rings. The Bertz CT molecular complexity index is 824. The zero-order valence-electron chi connectivity index (χ0n) is 13.2. The average Bonchev–Trinajstić information content (AvgIpc) is 2.96. The van der Waals surface area contributed by atoms with E-state index < -0.39 is 0 Å². The number of fused-ring (bicyclic) bond motifs is 1. The van der Waals surface area contributed by atoms with Crippen LogP contribution in [0.25, 0.3) is 0 Å². The Balaban J connectivity index is 1.92. The fraction of sp³-hybridized carbons (Fsp3) is 0.353. The lowest BCUT2D eigenvalue weighted by Gasteiger charge is -2.32. The number of benzene rings is 1. The molecule has 5 nitrogen and oxygen atoms in total. The first kappa shape index (κ1) is 14.5. The van der Waals surface area contributed by atoms with Gasteiger partial charge < -0.3 is 5.32 Å². The fourth-order valence-electron chi connectivity index (χ4n) is 3.37. The van der Waals surface area contributed by atoms with Gasteiger partial charge in [0.25, 0.3) is 0 Å². The van der Waals surface area contributed by atoms with Crippen LogP contribution < -0.4 is 5.32 Å². The molecule has 0 fully saturated rings. The molecule has 4 rings (SSSR count). The lowest BCUT2D eigenvalue weighted by molar-refractivity contribution is -0.116. The van der Waals surface area contributed by atoms with Crippen molar-refractivity contribution in [3.63, 3.8) is 0 Å². The summed E-state index contributed by atoms with van der Waals surface area (Å²) in [5, 5.41) is 8.65. The summed E-state index contributed by atoms with van der Waals surface area (Å²) in [6.45, 7) is 2.07. The van der Waals surface area contributed by atoms with E-state index in [1.807, 2.05) is 17.0 Å². The number of ketones is 1. The van der Waals surface area contributed by atoms with E-state index in [0.717, 1.165) is 40.8 Å². The Morgan fingerprint density at radius 3 is 3.00 bits per heavy atom. The maximum Gasteiger partial charge on any atom is 0.227 e. The lowest BCUT2D eigenvalue weighted by Crippen LogP contribution is -2.31. The molecule has 0 unspecified atom stereocenters. The molecule has 0 bridgehead atoms. The van der Waals surface area contributed by atoms with E-state index in [2.05, 4.69) is 40.5 Å². The van der Waals surface area contributed by atoms with Crippen molar-refractivity contribution in [2.24, 2.45) is 0 Å². The van der Waals surface area contributed by atoms with Crippen LogP contribution in [0.2, 0.25) is 0 Å². The first-order valence-corrected chi connectivity index (χ1v) is 9.00. The quantitative estimate of drug-likeness (QED) is 0.858. The zero-order valence-corrected chi connectivity index (χ0v) is 14.0. The summed E-state index contributed by atoms with van der Waals surface area (Å²) in [5.41, 5.74) is 4.14. The third kappa shape index (κ3) is 2.37. The summed E-state index contributed by atoms with van der Waals surface area (Å²) in [6, 6.07) is 8.12. The van der Waals surface area contributed by atoms with Crippen LogP contribution in [0.15, 0.2) is 40.7 Å². The minimum absolute atomic E-state index is 0.178. The van der Waals surface area contributed by atoms with Gasteiger partial charge in [0.15, 0.2) is 5.78 Å². The van der Waals surface area contributed by atoms with E-state index >= 15 is 0 Å². The van der Waals surface area contributed by atoms with Crippen molar-refractivity contribution in [1.82, 2.24) is 14.8 Å². The van der Waals surface area contributed by atoms with Gasteiger partial charge in [-0.25, -0.2) is 4.68 Å². The molecule has 0 radical (unpaired) electrons. The average molecular weight is 326 g/mol. The molecule has 1 aromatic heterocycles. The highest BCUT2D eigenvalue weighted by molar-refractivity contribution is 7.98. The summed E-state index contributed by atoms with van der Waals surface area (Å²) in [7, 11) is 0. The van der Waals surface area contributed by atoms with Crippen LogP contribution in [0.5, 0.6) is 0 Å². The first-order chi connectivity index (χ1) is 11.2. The summed E-state index contributed by atoms with van der Waals surface area (Å²) in [6.07, 6.45) is 4.36. The molecule has 0 saturated carbocycles. The third-order valence-corrected chi connectivity index (χ3v) is 4.93. The van der Waals surface area contributed by atoms with Crippen molar-refractivity contribution in [1.29, 1.82) is 0 Å². The van der Waals surface area contributed by atoms with Gasteiger partial charge >= 0.3 is 0 Å². The number of nitrogens with one attached hydrogen (secondary N) is 1. The van der Waals surface area contributed by atoms with Crippen LogP contribution in [0.4, 0.5) is 5.95 Å². The Morgan fingerprint density at radius 1 is 1.35 bits per heavy atom. The molecule has 0 amide bonds. The molecule has 1 aromatic carbocycles. The van der Waals surface area contributed by atoms with Crippen LogP contribution in [-0.2, 0) is 4.79 Å². The summed E-state index contributed by atoms with van der Waals surface area (Å²) in [4.78, 5) is 17.2. The van der Waals surface area contributed by atoms with E-state index in [0.29, 0.717) is 6.42 Å². The molecular formula is C17H18N4OS. The first-order valence-electron chi connectivity index (χ1n) is 7.77. The van der Waals surface area contributed by atoms with Crippen molar-refractivity contribution in [3.05, 3.63) is 46.7 Å². The van der Waals surface area contributed by atoms with Crippen molar-refractivity contribution < 1.29 is 4.79 Å². The van der Waals surface area contributed by atoms with Crippen LogP contribution >= 0.6 is 11.8 Å². The fourth-order valence-corrected chi connectivity index (χ4v) is 3.72. The zero-order chi connectivity index (χ0) is 16.0. The molecule has 6 heteroatoms. The van der Waals surface area contributed by atoms with Crippen LogP contribution in [-0.4, -0.2) is 26.8 Å². The standard InChI is InChI=1S/C17H18N4OS/c1-10-5-3-6-11(9-10)15-14-12(7-4-8-13(14)22)18-16-19-17(23-2)20-21(15)16/h3,5-6,9,15H,4,7-8H2,1-2H3,(H,18,19,20)/t15-/m0/s1. The lowest BCUT2D eigenvalue weighted by atomic mass is 9.85. The van der Waals surface area contributed by atoms with E-state index in [1.54, 1.807) is 0 Å². The van der Waals surface area contributed by atoms with E-state index in [4.69, 9.17) is 0 Å². The van der Waals surface area contributed by atoms with E-state index in [1.165, 1.54) is 17.3 Å². The number of thioether (sulfide) groups is 1. The number of hydrogen-bond acceptors (Lipinski definition) is 5. The Morgan fingerprint density at radius 2 is 2.22 bits per heavy atom. The topological polar surface area (TPSA) is 59.8 Å².